The number of hydrogen-bond acceptors (Lipinski definition) is 4. The van der Waals surface area contributed by atoms with Gasteiger partial charge in [-0.25, -0.2) is 0 Å². The largest absolute Gasteiger partial charge is 0.496 e. The van der Waals surface area contributed by atoms with Crippen LogP contribution in [0.2, 0.25) is 0 Å². The van der Waals surface area contributed by atoms with Gasteiger partial charge in [0.1, 0.15) is 11.8 Å². The number of carbonyl (C=O) groups excluding carboxylic acids is 1. The predicted octanol–water partition coefficient (Wildman–Crippen LogP) is 2.75. The van der Waals surface area contributed by atoms with Crippen LogP contribution in [0.4, 0.5) is 0 Å². The maximum absolute atomic E-state index is 12.0. The lowest BCUT2D eigenvalue weighted by molar-refractivity contribution is 0.0949. The Labute approximate surface area is 115 Å². The number of nitrogens with zero attached hydrogens (tertiary/aromatic N) is 1. The minimum atomic E-state index is -0.731. The van der Waals surface area contributed by atoms with Crippen molar-refractivity contribution in [2.45, 2.75) is 6.04 Å². The normalized spacial score (nSPS) is 11.4. The number of nitrogens with one attached hydrogen (secondary N) is 1. The van der Waals surface area contributed by atoms with Crippen molar-refractivity contribution in [2.24, 2.45) is 0 Å². The molecule has 1 heterocycles. The van der Waals surface area contributed by atoms with E-state index in [2.05, 4.69) is 11.4 Å². The first-order chi connectivity index (χ1) is 9.26. The average molecular weight is 272 g/mol. The van der Waals surface area contributed by atoms with Gasteiger partial charge in [-0.2, -0.15) is 5.26 Å². The molecule has 1 unspecified atom stereocenters. The molecule has 0 aliphatic rings. The summed E-state index contributed by atoms with van der Waals surface area (Å²) in [5.41, 5.74) is 0.650. The lowest BCUT2D eigenvalue weighted by Gasteiger charge is -2.14. The maximum atomic E-state index is 12.0. The molecule has 1 aromatic heterocycles. The van der Waals surface area contributed by atoms with E-state index in [1.165, 1.54) is 18.4 Å². The standard InChI is InChI=1S/C14H12N2O2S/c1-18-12-6-3-2-5-10(12)11(9-15)16-14(17)13-7-4-8-19-13/h2-8,11H,1H3,(H,16,17). The Kier molecular flexibility index (Phi) is 4.16. The topological polar surface area (TPSA) is 62.1 Å². The summed E-state index contributed by atoms with van der Waals surface area (Å²) in [7, 11) is 1.54. The van der Waals surface area contributed by atoms with Gasteiger partial charge in [0.05, 0.1) is 18.1 Å². The monoisotopic (exact) mass is 272 g/mol. The smallest absolute Gasteiger partial charge is 0.262 e. The zero-order chi connectivity index (χ0) is 13.7. The molecule has 0 fully saturated rings. The SMILES string of the molecule is COc1ccccc1C(C#N)NC(=O)c1cccs1. The van der Waals surface area contributed by atoms with Crippen molar-refractivity contribution in [3.05, 3.63) is 52.2 Å². The van der Waals surface area contributed by atoms with E-state index in [1.54, 1.807) is 30.3 Å². The molecular formula is C14H12N2O2S. The van der Waals surface area contributed by atoms with E-state index in [9.17, 15) is 10.1 Å². The number of hydrogen-bond donors (Lipinski definition) is 1. The molecule has 1 atom stereocenters. The van der Waals surface area contributed by atoms with Crippen molar-refractivity contribution < 1.29 is 9.53 Å². The molecule has 0 spiro atoms. The van der Waals surface area contributed by atoms with E-state index in [1.807, 2.05) is 11.4 Å². The molecule has 2 rings (SSSR count). The van der Waals surface area contributed by atoms with Gasteiger partial charge in [0, 0.05) is 5.56 Å². The minimum Gasteiger partial charge on any atom is -0.496 e. The van der Waals surface area contributed by atoms with Crippen LogP contribution in [0, 0.1) is 11.3 Å². The summed E-state index contributed by atoms with van der Waals surface area (Å²) in [5.74, 6) is 0.327. The number of carbonyl (C=O) groups is 1. The van der Waals surface area contributed by atoms with E-state index in [4.69, 9.17) is 4.74 Å². The summed E-state index contributed by atoms with van der Waals surface area (Å²) in [6.07, 6.45) is 0. The van der Waals surface area contributed by atoms with Crippen LogP contribution in [0.15, 0.2) is 41.8 Å². The summed E-state index contributed by atoms with van der Waals surface area (Å²) < 4.78 is 5.20. The summed E-state index contributed by atoms with van der Waals surface area (Å²) in [6, 6.07) is 12.0. The van der Waals surface area contributed by atoms with Crippen LogP contribution < -0.4 is 10.1 Å². The van der Waals surface area contributed by atoms with Crippen molar-refractivity contribution in [3.63, 3.8) is 0 Å². The maximum Gasteiger partial charge on any atom is 0.262 e. The molecular weight excluding hydrogens is 260 g/mol. The predicted molar refractivity (Wildman–Crippen MR) is 73.1 cm³/mol. The summed E-state index contributed by atoms with van der Waals surface area (Å²) in [4.78, 5) is 12.5. The molecule has 19 heavy (non-hydrogen) atoms. The van der Waals surface area contributed by atoms with Crippen LogP contribution in [0.3, 0.4) is 0 Å². The van der Waals surface area contributed by atoms with Gasteiger partial charge >= 0.3 is 0 Å². The van der Waals surface area contributed by atoms with Gasteiger partial charge < -0.3 is 10.1 Å². The Morgan fingerprint density at radius 2 is 2.16 bits per heavy atom. The van der Waals surface area contributed by atoms with E-state index in [0.29, 0.717) is 16.2 Å². The molecule has 0 aliphatic heterocycles. The second kappa shape index (κ2) is 6.03. The van der Waals surface area contributed by atoms with Crippen LogP contribution in [0.1, 0.15) is 21.3 Å². The Hall–Kier alpha value is -2.32. The fraction of sp³-hybridized carbons (Fsp3) is 0.143. The van der Waals surface area contributed by atoms with Gasteiger partial charge in [-0.15, -0.1) is 11.3 Å². The van der Waals surface area contributed by atoms with Gasteiger partial charge in [-0.3, -0.25) is 4.79 Å². The highest BCUT2D eigenvalue weighted by atomic mass is 32.1. The lowest BCUT2D eigenvalue weighted by Crippen LogP contribution is -2.27. The molecule has 2 aromatic rings. The number of nitriles is 1. The first-order valence-electron chi connectivity index (χ1n) is 5.63. The molecule has 0 radical (unpaired) electrons. The number of rotatable bonds is 4. The molecule has 0 bridgehead atoms. The number of para-hydroxylation sites is 1. The molecule has 0 saturated heterocycles. The van der Waals surface area contributed by atoms with Crippen molar-refractivity contribution in [2.75, 3.05) is 7.11 Å². The third-order valence-electron chi connectivity index (χ3n) is 2.60. The van der Waals surface area contributed by atoms with Crippen molar-refractivity contribution in [1.82, 2.24) is 5.32 Å². The highest BCUT2D eigenvalue weighted by Gasteiger charge is 2.18. The van der Waals surface area contributed by atoms with E-state index in [0.717, 1.165) is 0 Å². The first-order valence-corrected chi connectivity index (χ1v) is 6.51. The fourth-order valence-corrected chi connectivity index (χ4v) is 2.32. The lowest BCUT2D eigenvalue weighted by atomic mass is 10.1. The van der Waals surface area contributed by atoms with Crippen LogP contribution >= 0.6 is 11.3 Å². The highest BCUT2D eigenvalue weighted by molar-refractivity contribution is 7.12. The van der Waals surface area contributed by atoms with Crippen molar-refractivity contribution in [1.29, 1.82) is 5.26 Å². The summed E-state index contributed by atoms with van der Waals surface area (Å²) in [5, 5.41) is 13.7. The van der Waals surface area contributed by atoms with Gasteiger partial charge in [0.15, 0.2) is 0 Å². The zero-order valence-corrected chi connectivity index (χ0v) is 11.1. The fourth-order valence-electron chi connectivity index (χ4n) is 1.69. The number of methoxy groups -OCH3 is 1. The quantitative estimate of drug-likeness (QED) is 0.930. The van der Waals surface area contributed by atoms with Crippen LogP contribution in [0.25, 0.3) is 0 Å². The van der Waals surface area contributed by atoms with Gasteiger partial charge in [0.25, 0.3) is 5.91 Å². The molecule has 96 valence electrons. The molecule has 0 saturated carbocycles. The molecule has 1 aromatic carbocycles. The molecule has 1 N–H and O–H groups in total. The Balaban J connectivity index is 2.22. The van der Waals surface area contributed by atoms with Gasteiger partial charge in [-0.1, -0.05) is 24.3 Å². The highest BCUT2D eigenvalue weighted by Crippen LogP contribution is 2.24. The number of amides is 1. The second-order valence-corrected chi connectivity index (χ2v) is 4.70. The Morgan fingerprint density at radius 3 is 2.79 bits per heavy atom. The Morgan fingerprint density at radius 1 is 1.37 bits per heavy atom. The van der Waals surface area contributed by atoms with E-state index < -0.39 is 6.04 Å². The second-order valence-electron chi connectivity index (χ2n) is 3.75. The van der Waals surface area contributed by atoms with Gasteiger partial charge in [0.2, 0.25) is 0 Å². The number of thiophene rings is 1. The average Bonchev–Trinajstić information content (AvgIpc) is 2.98. The van der Waals surface area contributed by atoms with Gasteiger partial charge in [-0.05, 0) is 17.5 Å². The third kappa shape index (κ3) is 2.92. The first kappa shape index (κ1) is 13.1. The molecule has 4 nitrogen and oxygen atoms in total. The Bertz CT molecular complexity index is 602. The number of benzene rings is 1. The summed E-state index contributed by atoms with van der Waals surface area (Å²) in [6.45, 7) is 0. The molecule has 5 heteroatoms. The van der Waals surface area contributed by atoms with Crippen LogP contribution in [-0.4, -0.2) is 13.0 Å². The zero-order valence-electron chi connectivity index (χ0n) is 10.3. The molecule has 1 amide bonds. The van der Waals surface area contributed by atoms with Crippen molar-refractivity contribution in [3.8, 4) is 11.8 Å². The third-order valence-corrected chi connectivity index (χ3v) is 3.47. The summed E-state index contributed by atoms with van der Waals surface area (Å²) >= 11 is 1.34. The number of ether oxygens (including phenoxy) is 1. The van der Waals surface area contributed by atoms with Crippen LogP contribution in [0.5, 0.6) is 5.75 Å². The van der Waals surface area contributed by atoms with E-state index in [-0.39, 0.29) is 5.91 Å². The minimum absolute atomic E-state index is 0.257. The van der Waals surface area contributed by atoms with Crippen molar-refractivity contribution >= 4 is 17.2 Å². The van der Waals surface area contributed by atoms with E-state index >= 15 is 0 Å². The molecule has 0 aliphatic carbocycles. The van der Waals surface area contributed by atoms with Crippen LogP contribution in [-0.2, 0) is 0 Å².